The van der Waals surface area contributed by atoms with Crippen molar-refractivity contribution < 1.29 is 14.3 Å². The molecule has 0 spiro atoms. The molecule has 5 nitrogen and oxygen atoms in total. The van der Waals surface area contributed by atoms with Gasteiger partial charge >= 0.3 is 6.09 Å². The average Bonchev–Trinajstić information content (AvgIpc) is 2.53. The van der Waals surface area contributed by atoms with Gasteiger partial charge < -0.3 is 10.1 Å². The molecule has 0 aliphatic heterocycles. The van der Waals surface area contributed by atoms with Gasteiger partial charge in [0.05, 0.1) is 0 Å². The van der Waals surface area contributed by atoms with Gasteiger partial charge in [-0.15, -0.1) is 0 Å². The zero-order chi connectivity index (χ0) is 19.2. The Balaban J connectivity index is 1.82. The Bertz CT molecular complexity index is 767. The Morgan fingerprint density at radius 2 is 1.62 bits per heavy atom. The SMILES string of the molecule is CC(C)(C)OC(=O)Nc1ccc(NC(=O)CCc2cccc(Cl)c2)cc1. The summed E-state index contributed by atoms with van der Waals surface area (Å²) in [7, 11) is 0. The third kappa shape index (κ3) is 7.15. The molecule has 2 N–H and O–H groups in total. The highest BCUT2D eigenvalue weighted by molar-refractivity contribution is 6.30. The molecule has 2 amide bonds. The molecule has 0 bridgehead atoms. The molecule has 0 fully saturated rings. The van der Waals surface area contributed by atoms with Crippen molar-refractivity contribution in [3.63, 3.8) is 0 Å². The number of carbonyl (C=O) groups is 2. The number of anilines is 2. The van der Waals surface area contributed by atoms with Gasteiger partial charge in [-0.1, -0.05) is 23.7 Å². The van der Waals surface area contributed by atoms with Crippen LogP contribution in [0, 0.1) is 0 Å². The van der Waals surface area contributed by atoms with Crippen LogP contribution < -0.4 is 10.6 Å². The molecular weight excluding hydrogens is 352 g/mol. The Kier molecular flexibility index (Phi) is 6.64. The van der Waals surface area contributed by atoms with Crippen molar-refractivity contribution in [2.24, 2.45) is 0 Å². The van der Waals surface area contributed by atoms with Crippen molar-refractivity contribution in [2.75, 3.05) is 10.6 Å². The fraction of sp³-hybridized carbons (Fsp3) is 0.300. The zero-order valence-corrected chi connectivity index (χ0v) is 15.9. The summed E-state index contributed by atoms with van der Waals surface area (Å²) in [6, 6.07) is 14.3. The van der Waals surface area contributed by atoms with E-state index in [1.54, 1.807) is 51.1 Å². The van der Waals surface area contributed by atoms with Gasteiger partial charge in [-0.2, -0.15) is 0 Å². The van der Waals surface area contributed by atoms with Crippen LogP contribution >= 0.6 is 11.6 Å². The normalized spacial score (nSPS) is 10.9. The second kappa shape index (κ2) is 8.72. The lowest BCUT2D eigenvalue weighted by Gasteiger charge is -2.19. The molecule has 2 aromatic rings. The summed E-state index contributed by atoms with van der Waals surface area (Å²) >= 11 is 5.94. The zero-order valence-electron chi connectivity index (χ0n) is 15.1. The van der Waals surface area contributed by atoms with Crippen molar-refractivity contribution in [3.05, 3.63) is 59.1 Å². The number of halogens is 1. The molecule has 2 rings (SSSR count). The minimum Gasteiger partial charge on any atom is -0.444 e. The quantitative estimate of drug-likeness (QED) is 0.750. The number of amides is 2. The van der Waals surface area contributed by atoms with Crippen molar-refractivity contribution in [1.29, 1.82) is 0 Å². The number of benzene rings is 2. The summed E-state index contributed by atoms with van der Waals surface area (Å²) < 4.78 is 5.19. The van der Waals surface area contributed by atoms with E-state index in [2.05, 4.69) is 10.6 Å². The molecule has 0 aromatic heterocycles. The summed E-state index contributed by atoms with van der Waals surface area (Å²) in [5, 5.41) is 6.14. The van der Waals surface area contributed by atoms with E-state index in [0.29, 0.717) is 29.2 Å². The fourth-order valence-electron chi connectivity index (χ4n) is 2.23. The number of ether oxygens (including phenoxy) is 1. The van der Waals surface area contributed by atoms with Gasteiger partial charge in [0.1, 0.15) is 5.60 Å². The second-order valence-corrected chi connectivity index (χ2v) is 7.32. The number of nitrogens with one attached hydrogen (secondary N) is 2. The van der Waals surface area contributed by atoms with E-state index < -0.39 is 11.7 Å². The third-order valence-corrected chi connectivity index (χ3v) is 3.58. The van der Waals surface area contributed by atoms with E-state index in [1.165, 1.54) is 0 Å². The standard InChI is InChI=1S/C20H23ClN2O3/c1-20(2,3)26-19(25)23-17-10-8-16(9-11-17)22-18(24)12-7-14-5-4-6-15(21)13-14/h4-6,8-11,13H,7,12H2,1-3H3,(H,22,24)(H,23,25). The predicted octanol–water partition coefficient (Wildman–Crippen LogP) is 5.26. The second-order valence-electron chi connectivity index (χ2n) is 6.88. The van der Waals surface area contributed by atoms with Crippen LogP contribution in [0.5, 0.6) is 0 Å². The van der Waals surface area contributed by atoms with Gasteiger partial charge in [0, 0.05) is 22.8 Å². The van der Waals surface area contributed by atoms with E-state index >= 15 is 0 Å². The highest BCUT2D eigenvalue weighted by Gasteiger charge is 2.16. The minimum atomic E-state index is -0.555. The molecule has 0 unspecified atom stereocenters. The number of hydrogen-bond acceptors (Lipinski definition) is 3. The number of aryl methyl sites for hydroxylation is 1. The molecule has 2 aromatic carbocycles. The first-order valence-electron chi connectivity index (χ1n) is 8.36. The maximum absolute atomic E-state index is 12.1. The smallest absolute Gasteiger partial charge is 0.412 e. The third-order valence-electron chi connectivity index (χ3n) is 3.34. The van der Waals surface area contributed by atoms with Crippen molar-refractivity contribution >= 4 is 35.0 Å². The van der Waals surface area contributed by atoms with E-state index in [4.69, 9.17) is 16.3 Å². The van der Waals surface area contributed by atoms with Crippen LogP contribution in [0.15, 0.2) is 48.5 Å². The molecule has 0 heterocycles. The molecule has 0 aliphatic carbocycles. The van der Waals surface area contributed by atoms with E-state index in [-0.39, 0.29) is 5.91 Å². The number of hydrogen-bond donors (Lipinski definition) is 2. The molecule has 6 heteroatoms. The summed E-state index contributed by atoms with van der Waals surface area (Å²) in [5.74, 6) is -0.0853. The first kappa shape index (κ1) is 19.8. The van der Waals surface area contributed by atoms with Gasteiger partial charge in [-0.05, 0) is 69.2 Å². The van der Waals surface area contributed by atoms with Crippen LogP contribution in [0.2, 0.25) is 5.02 Å². The van der Waals surface area contributed by atoms with Crippen LogP contribution in [-0.4, -0.2) is 17.6 Å². The molecule has 0 saturated carbocycles. The highest BCUT2D eigenvalue weighted by Crippen LogP contribution is 2.16. The van der Waals surface area contributed by atoms with Gasteiger partial charge in [0.25, 0.3) is 0 Å². The van der Waals surface area contributed by atoms with Crippen LogP contribution in [0.3, 0.4) is 0 Å². The largest absolute Gasteiger partial charge is 0.444 e. The topological polar surface area (TPSA) is 67.4 Å². The maximum Gasteiger partial charge on any atom is 0.412 e. The average molecular weight is 375 g/mol. The minimum absolute atomic E-state index is 0.0853. The molecule has 138 valence electrons. The molecule has 0 radical (unpaired) electrons. The molecule has 0 saturated heterocycles. The van der Waals surface area contributed by atoms with Crippen molar-refractivity contribution in [3.8, 4) is 0 Å². The lowest BCUT2D eigenvalue weighted by Crippen LogP contribution is -2.27. The molecule has 26 heavy (non-hydrogen) atoms. The van der Waals surface area contributed by atoms with Gasteiger partial charge in [-0.3, -0.25) is 10.1 Å². The lowest BCUT2D eigenvalue weighted by atomic mass is 10.1. The van der Waals surface area contributed by atoms with Crippen LogP contribution in [-0.2, 0) is 16.0 Å². The summed E-state index contributed by atoms with van der Waals surface area (Å²) in [6.07, 6.45) is 0.457. The first-order chi connectivity index (χ1) is 12.2. The highest BCUT2D eigenvalue weighted by atomic mass is 35.5. The summed E-state index contributed by atoms with van der Waals surface area (Å²) in [4.78, 5) is 23.8. The van der Waals surface area contributed by atoms with Crippen molar-refractivity contribution in [2.45, 2.75) is 39.2 Å². The monoisotopic (exact) mass is 374 g/mol. The van der Waals surface area contributed by atoms with Crippen LogP contribution in [0.4, 0.5) is 16.2 Å². The fourth-order valence-corrected chi connectivity index (χ4v) is 2.45. The Labute approximate surface area is 158 Å². The molecule has 0 aliphatic rings. The lowest BCUT2D eigenvalue weighted by molar-refractivity contribution is -0.116. The summed E-state index contributed by atoms with van der Waals surface area (Å²) in [6.45, 7) is 5.40. The van der Waals surface area contributed by atoms with Crippen LogP contribution in [0.25, 0.3) is 0 Å². The Morgan fingerprint density at radius 1 is 1.00 bits per heavy atom. The van der Waals surface area contributed by atoms with Crippen LogP contribution in [0.1, 0.15) is 32.8 Å². The molecular formula is C20H23ClN2O3. The van der Waals surface area contributed by atoms with E-state index in [1.807, 2.05) is 18.2 Å². The van der Waals surface area contributed by atoms with E-state index in [0.717, 1.165) is 5.56 Å². The van der Waals surface area contributed by atoms with Crippen molar-refractivity contribution in [1.82, 2.24) is 0 Å². The Morgan fingerprint density at radius 3 is 2.19 bits per heavy atom. The number of rotatable bonds is 5. The Hall–Kier alpha value is -2.53. The van der Waals surface area contributed by atoms with Gasteiger partial charge in [-0.25, -0.2) is 4.79 Å². The maximum atomic E-state index is 12.1. The summed E-state index contributed by atoms with van der Waals surface area (Å²) in [5.41, 5.74) is 1.72. The number of carbonyl (C=O) groups excluding carboxylic acids is 2. The first-order valence-corrected chi connectivity index (χ1v) is 8.73. The van der Waals surface area contributed by atoms with Gasteiger partial charge in [0.2, 0.25) is 5.91 Å². The molecule has 0 atom stereocenters. The predicted molar refractivity (Wildman–Crippen MR) is 105 cm³/mol. The van der Waals surface area contributed by atoms with E-state index in [9.17, 15) is 9.59 Å². The van der Waals surface area contributed by atoms with Gasteiger partial charge in [0.15, 0.2) is 0 Å².